The first kappa shape index (κ1) is 14.7. The molecule has 0 unspecified atom stereocenters. The summed E-state index contributed by atoms with van der Waals surface area (Å²) in [4.78, 5) is 9.20. The second-order valence-corrected chi connectivity index (χ2v) is 5.84. The molecule has 0 aliphatic carbocycles. The Morgan fingerprint density at radius 1 is 1.04 bits per heavy atom. The van der Waals surface area contributed by atoms with Gasteiger partial charge in [0.25, 0.3) is 0 Å². The van der Waals surface area contributed by atoms with Gasteiger partial charge >= 0.3 is 0 Å². The van der Waals surface area contributed by atoms with Gasteiger partial charge in [-0.05, 0) is 57.5 Å². The van der Waals surface area contributed by atoms with Crippen molar-refractivity contribution in [2.75, 3.05) is 6.61 Å². The van der Waals surface area contributed by atoms with Crippen molar-refractivity contribution in [1.29, 1.82) is 0 Å². The van der Waals surface area contributed by atoms with Crippen LogP contribution in [0.15, 0.2) is 30.6 Å². The van der Waals surface area contributed by atoms with Crippen LogP contribution < -0.4 is 4.74 Å². The second-order valence-electron chi connectivity index (χ2n) is 5.84. The number of benzene rings is 1. The van der Waals surface area contributed by atoms with E-state index in [-0.39, 0.29) is 0 Å². The Bertz CT molecular complexity index is 1040. The fourth-order valence-corrected chi connectivity index (χ4v) is 3.14. The molecule has 0 saturated carbocycles. The summed E-state index contributed by atoms with van der Waals surface area (Å²) in [6.45, 7) is 8.75. The molecule has 0 radical (unpaired) electrons. The number of ether oxygens (including phenoxy) is 1. The van der Waals surface area contributed by atoms with Gasteiger partial charge in [0, 0.05) is 11.4 Å². The highest BCUT2D eigenvalue weighted by atomic mass is 16.5. The molecule has 0 aliphatic heterocycles. The fourth-order valence-electron chi connectivity index (χ4n) is 3.14. The van der Waals surface area contributed by atoms with E-state index in [1.165, 1.54) is 5.56 Å². The topological polar surface area (TPSA) is 57.2 Å². The van der Waals surface area contributed by atoms with Crippen LogP contribution in [0.5, 0.6) is 5.75 Å². The molecule has 3 aromatic heterocycles. The summed E-state index contributed by atoms with van der Waals surface area (Å²) in [6, 6.07) is 8.08. The predicted molar refractivity (Wildman–Crippen MR) is 93.0 cm³/mol. The zero-order valence-corrected chi connectivity index (χ0v) is 14.2. The summed E-state index contributed by atoms with van der Waals surface area (Å²) in [5.74, 6) is 1.62. The highest BCUT2D eigenvalue weighted by molar-refractivity contribution is 5.94. The van der Waals surface area contributed by atoms with E-state index in [0.29, 0.717) is 6.61 Å². The molecule has 4 aromatic rings. The van der Waals surface area contributed by atoms with Crippen LogP contribution in [0.1, 0.15) is 24.0 Å². The van der Waals surface area contributed by atoms with Crippen LogP contribution in [-0.2, 0) is 0 Å². The van der Waals surface area contributed by atoms with Crippen LogP contribution in [0.4, 0.5) is 0 Å². The average molecular weight is 321 g/mol. The molecular formula is C18H19N5O. The van der Waals surface area contributed by atoms with Gasteiger partial charge in [-0.3, -0.25) is 4.57 Å². The third-order valence-electron chi connectivity index (χ3n) is 4.34. The minimum absolute atomic E-state index is 0.662. The van der Waals surface area contributed by atoms with E-state index in [0.717, 1.165) is 39.6 Å². The van der Waals surface area contributed by atoms with Gasteiger partial charge in [-0.1, -0.05) is 0 Å². The Morgan fingerprint density at radius 3 is 2.50 bits per heavy atom. The molecule has 0 atom stereocenters. The molecule has 0 aliphatic rings. The van der Waals surface area contributed by atoms with E-state index in [1.54, 1.807) is 10.8 Å². The van der Waals surface area contributed by atoms with E-state index in [2.05, 4.69) is 45.6 Å². The molecule has 1 aromatic carbocycles. The van der Waals surface area contributed by atoms with Crippen LogP contribution in [0, 0.1) is 20.8 Å². The van der Waals surface area contributed by atoms with Gasteiger partial charge in [0.1, 0.15) is 17.9 Å². The van der Waals surface area contributed by atoms with Gasteiger partial charge in [0.05, 0.1) is 12.0 Å². The smallest absolute Gasteiger partial charge is 0.168 e. The lowest BCUT2D eigenvalue weighted by Gasteiger charge is -2.09. The molecule has 0 spiro atoms. The number of hydrogen-bond acceptors (Lipinski definition) is 4. The van der Waals surface area contributed by atoms with Gasteiger partial charge in [0.2, 0.25) is 0 Å². The van der Waals surface area contributed by atoms with Crippen LogP contribution in [0.2, 0.25) is 0 Å². The summed E-state index contributed by atoms with van der Waals surface area (Å²) in [5, 5.41) is 5.41. The lowest BCUT2D eigenvalue weighted by atomic mass is 10.2. The van der Waals surface area contributed by atoms with Gasteiger partial charge in [-0.25, -0.2) is 14.5 Å². The Balaban J connectivity index is 1.98. The van der Waals surface area contributed by atoms with E-state index in [1.807, 2.05) is 26.0 Å². The van der Waals surface area contributed by atoms with Crippen LogP contribution in [0.3, 0.4) is 0 Å². The van der Waals surface area contributed by atoms with Gasteiger partial charge in [-0.2, -0.15) is 5.10 Å². The highest BCUT2D eigenvalue weighted by Crippen LogP contribution is 2.30. The highest BCUT2D eigenvalue weighted by Gasteiger charge is 2.18. The molecule has 4 rings (SSSR count). The van der Waals surface area contributed by atoms with Crippen molar-refractivity contribution < 1.29 is 4.74 Å². The maximum Gasteiger partial charge on any atom is 0.168 e. The molecule has 0 amide bonds. The minimum Gasteiger partial charge on any atom is -0.494 e. The summed E-state index contributed by atoms with van der Waals surface area (Å²) in [7, 11) is 0. The van der Waals surface area contributed by atoms with E-state index in [9.17, 15) is 0 Å². The third-order valence-corrected chi connectivity index (χ3v) is 4.34. The number of hydrogen-bond donors (Lipinski definition) is 0. The normalized spacial score (nSPS) is 11.5. The lowest BCUT2D eigenvalue weighted by Crippen LogP contribution is -1.99. The van der Waals surface area contributed by atoms with Crippen molar-refractivity contribution >= 4 is 16.7 Å². The van der Waals surface area contributed by atoms with Crippen molar-refractivity contribution in [1.82, 2.24) is 24.1 Å². The molecule has 0 bridgehead atoms. The van der Waals surface area contributed by atoms with Crippen molar-refractivity contribution in [3.63, 3.8) is 0 Å². The quantitative estimate of drug-likeness (QED) is 0.580. The summed E-state index contributed by atoms with van der Waals surface area (Å²) in [5.41, 5.74) is 5.12. The molecule has 0 saturated heterocycles. The van der Waals surface area contributed by atoms with Crippen molar-refractivity contribution in [2.24, 2.45) is 0 Å². The van der Waals surface area contributed by atoms with Crippen molar-refractivity contribution in [2.45, 2.75) is 27.7 Å². The summed E-state index contributed by atoms with van der Waals surface area (Å²) in [6.07, 6.45) is 1.72. The summed E-state index contributed by atoms with van der Waals surface area (Å²) >= 11 is 0. The fraction of sp³-hybridized carbons (Fsp3) is 0.278. The molecule has 3 heterocycles. The maximum atomic E-state index is 5.53. The van der Waals surface area contributed by atoms with Crippen LogP contribution >= 0.6 is 0 Å². The minimum atomic E-state index is 0.662. The monoisotopic (exact) mass is 321 g/mol. The Labute approximate surface area is 139 Å². The van der Waals surface area contributed by atoms with Gasteiger partial charge in [0.15, 0.2) is 11.3 Å². The first-order valence-electron chi connectivity index (χ1n) is 8.03. The molecular weight excluding hydrogens is 302 g/mol. The van der Waals surface area contributed by atoms with Gasteiger partial charge in [-0.15, -0.1) is 0 Å². The SMILES string of the molecule is CCOc1ccc(-n2c(C)c(C)c3c2ncn2nc(C)nc32)cc1. The number of nitrogens with zero attached hydrogens (tertiary/aromatic N) is 5. The standard InChI is InChI=1S/C18H19N5O/c1-5-24-15-8-6-14(7-9-15)23-12(3)11(2)16-17(23)19-10-22-18(16)20-13(4)21-22/h6-10H,5H2,1-4H3. The molecule has 122 valence electrons. The maximum absolute atomic E-state index is 5.53. The molecule has 6 heteroatoms. The largest absolute Gasteiger partial charge is 0.494 e. The van der Waals surface area contributed by atoms with E-state index in [4.69, 9.17) is 4.74 Å². The Hall–Kier alpha value is -2.89. The summed E-state index contributed by atoms with van der Waals surface area (Å²) < 4.78 is 9.43. The lowest BCUT2D eigenvalue weighted by molar-refractivity contribution is 0.340. The average Bonchev–Trinajstić information content (AvgIpc) is 3.06. The molecule has 0 N–H and O–H groups in total. The first-order valence-corrected chi connectivity index (χ1v) is 8.03. The zero-order valence-electron chi connectivity index (χ0n) is 14.2. The van der Waals surface area contributed by atoms with Crippen LogP contribution in [0.25, 0.3) is 22.4 Å². The Kier molecular flexibility index (Phi) is 3.26. The number of aromatic nitrogens is 5. The van der Waals surface area contributed by atoms with Crippen molar-refractivity contribution in [3.8, 4) is 11.4 Å². The molecule has 6 nitrogen and oxygen atoms in total. The number of fused-ring (bicyclic) bond motifs is 3. The van der Waals surface area contributed by atoms with E-state index >= 15 is 0 Å². The third kappa shape index (κ3) is 2.06. The molecule has 24 heavy (non-hydrogen) atoms. The van der Waals surface area contributed by atoms with Crippen molar-refractivity contribution in [3.05, 3.63) is 47.7 Å². The number of aryl methyl sites for hydroxylation is 2. The first-order chi connectivity index (χ1) is 11.6. The van der Waals surface area contributed by atoms with Gasteiger partial charge < -0.3 is 4.74 Å². The molecule has 0 fully saturated rings. The Morgan fingerprint density at radius 2 is 1.79 bits per heavy atom. The number of rotatable bonds is 3. The zero-order chi connectivity index (χ0) is 16.8. The second kappa shape index (κ2) is 5.33. The predicted octanol–water partition coefficient (Wildman–Crippen LogP) is 3.39. The van der Waals surface area contributed by atoms with Crippen LogP contribution in [-0.4, -0.2) is 30.8 Å². The van der Waals surface area contributed by atoms with E-state index < -0.39 is 0 Å².